The maximum atomic E-state index is 13.8. The van der Waals surface area contributed by atoms with Gasteiger partial charge in [-0.2, -0.15) is 0 Å². The Morgan fingerprint density at radius 3 is 1.24 bits per heavy atom. The molecule has 9 amide bonds. The number of anilines is 2. The highest BCUT2D eigenvalue weighted by Crippen LogP contribution is 2.36. The summed E-state index contributed by atoms with van der Waals surface area (Å²) in [5, 5.41) is 15.5. The number of urea groups is 2. The fraction of sp³-hybridized carbons (Fsp3) is 0.448. The minimum Gasteiger partial charge on any atom is -0.478 e. The van der Waals surface area contributed by atoms with E-state index in [4.69, 9.17) is 22.3 Å². The number of carbonyl (C=O) groups is 8. The summed E-state index contributed by atoms with van der Waals surface area (Å²) in [6.07, 6.45) is -9.91. The molecule has 10 N–H and O–H groups in total. The molecule has 4 saturated heterocycles. The van der Waals surface area contributed by atoms with E-state index in [1.54, 1.807) is 65.8 Å². The van der Waals surface area contributed by atoms with Crippen molar-refractivity contribution in [2.24, 2.45) is 17.2 Å². The molecule has 4 heterocycles. The number of nitrogens with two attached hydrogens (primary N) is 3. The molecular formula is C58H68F8N10O15S2. The van der Waals surface area contributed by atoms with Gasteiger partial charge in [0.15, 0.2) is 23.1 Å². The third-order valence-corrected chi connectivity index (χ3v) is 20.0. The van der Waals surface area contributed by atoms with Gasteiger partial charge in [0.1, 0.15) is 16.6 Å². The lowest BCUT2D eigenvalue weighted by Gasteiger charge is -2.39. The number of hydrogen-bond donors (Lipinski definition) is 7. The van der Waals surface area contributed by atoms with E-state index in [9.17, 15) is 90.3 Å². The van der Waals surface area contributed by atoms with Crippen LogP contribution in [0.2, 0.25) is 0 Å². The number of imide groups is 2. The van der Waals surface area contributed by atoms with Crippen molar-refractivity contribution in [3.8, 4) is 11.5 Å². The lowest BCUT2D eigenvalue weighted by molar-refractivity contribution is -0.276. The third kappa shape index (κ3) is 17.0. The molecule has 4 aromatic carbocycles. The number of carboxylic acid groups (broad SMARTS) is 1. The van der Waals surface area contributed by atoms with Gasteiger partial charge < -0.3 is 37.1 Å². The van der Waals surface area contributed by atoms with Gasteiger partial charge in [0.2, 0.25) is 31.9 Å². The number of carbonyl (C=O) groups excluding carboxylic acids is 7. The molecule has 0 saturated carbocycles. The quantitative estimate of drug-likeness (QED) is 0.0506. The van der Waals surface area contributed by atoms with E-state index in [0.29, 0.717) is 53.2 Å². The minimum absolute atomic E-state index is 0.0870. The average Bonchev–Trinajstić information content (AvgIpc) is 1.69. The van der Waals surface area contributed by atoms with Gasteiger partial charge >= 0.3 is 30.8 Å². The van der Waals surface area contributed by atoms with Gasteiger partial charge in [-0.05, 0) is 188 Å². The Morgan fingerprint density at radius 2 is 0.925 bits per heavy atom. The van der Waals surface area contributed by atoms with E-state index >= 15 is 0 Å². The number of alkyl halides is 6. The summed E-state index contributed by atoms with van der Waals surface area (Å²) in [6, 6.07) is 9.89. The molecule has 8 rings (SSSR count). The first kappa shape index (κ1) is 73.5. The number of benzene rings is 4. The number of rotatable bonds is 17. The summed E-state index contributed by atoms with van der Waals surface area (Å²) in [6.45, 7) is 13.8. The summed E-state index contributed by atoms with van der Waals surface area (Å²) in [5.41, 5.74) is 16.7. The van der Waals surface area contributed by atoms with E-state index in [1.165, 1.54) is 14.1 Å². The zero-order valence-corrected chi connectivity index (χ0v) is 52.9. The molecule has 0 spiro atoms. The number of ether oxygens (including phenoxy) is 2. The molecule has 0 aliphatic carbocycles. The largest absolute Gasteiger partial charge is 0.573 e. The van der Waals surface area contributed by atoms with Crippen LogP contribution in [0.5, 0.6) is 11.5 Å². The van der Waals surface area contributed by atoms with Crippen LogP contribution < -0.4 is 52.4 Å². The minimum atomic E-state index is -5.21. The molecule has 4 fully saturated rings. The van der Waals surface area contributed by atoms with Crippen molar-refractivity contribution < 1.29 is 105 Å². The van der Waals surface area contributed by atoms with Crippen LogP contribution in [-0.4, -0.2) is 151 Å². The lowest BCUT2D eigenvalue weighted by Crippen LogP contribution is -2.62. The zero-order chi connectivity index (χ0) is 70.1. The smallest absolute Gasteiger partial charge is 0.478 e. The number of primary amides is 2. The second-order valence-corrected chi connectivity index (χ2v) is 27.6. The van der Waals surface area contributed by atoms with E-state index in [0.717, 1.165) is 38.7 Å². The SMILES string of the molecule is Cc1cc(N2C(=O)NC(=O)C2(C)C)cc(C)c1CCS(=O)(=O)N1CCC(N)(C(N)=O)CC1.Cc1cc(N2C(=O)NC(=O)C2(C)C)cc(C)c1CCS(=O)(=O)N1CCC(NC(=O)c2ccc(F)c(OC(F)(F)F)c2)(C(N)=O)CC1.O=C(O)c1ccc(F)c(OC(F)(F)F)c1. The van der Waals surface area contributed by atoms with E-state index in [-0.39, 0.29) is 75.7 Å². The second kappa shape index (κ2) is 27.2. The molecule has 4 aromatic rings. The van der Waals surface area contributed by atoms with E-state index < -0.39 is 131 Å². The van der Waals surface area contributed by atoms with Gasteiger partial charge in [0.25, 0.3) is 17.7 Å². The van der Waals surface area contributed by atoms with Crippen molar-refractivity contribution in [1.29, 1.82) is 0 Å². The number of piperidine rings is 2. The molecule has 0 atom stereocenters. The first-order valence-electron chi connectivity index (χ1n) is 28.2. The standard InChI is InChI=1S/C29H33F4N5O7S.C21H31N5O5S.C8H4F4O3/c1-16-13-19(38-26(42)35-25(41)27(38,3)4)14-17(2)20(16)7-12-46(43,44)37-10-8-28(9-11-37,24(34)40)36-23(39)18-5-6-21(30)22(15-18)45-29(31,32)33;1-13-11-15(26-19(29)24-18(28)20(26,3)4)12-14(2)16(13)5-10-32(30,31)25-8-6-21(23,7-9-25)17(22)27;9-5-2-1-4(7(13)14)3-6(5)15-8(10,11)12/h5-6,13-15H,7-12H2,1-4H3,(H2,34,40)(H,36,39)(H,35,41,42);11-12H,5-10,23H2,1-4H3,(H2,22,27)(H,24,28,29);1-3H,(H,13,14). The average molecular weight is 1360 g/mol. The van der Waals surface area contributed by atoms with Gasteiger partial charge in [-0.3, -0.25) is 44.4 Å². The Labute approximate surface area is 528 Å². The molecule has 93 heavy (non-hydrogen) atoms. The maximum absolute atomic E-state index is 13.8. The molecule has 0 bridgehead atoms. The van der Waals surface area contributed by atoms with Gasteiger partial charge in [0.05, 0.1) is 22.6 Å². The number of amides is 9. The van der Waals surface area contributed by atoms with Crippen LogP contribution in [-0.2, 0) is 52.1 Å². The topological polar surface area (TPSA) is 371 Å². The number of halogens is 8. The zero-order valence-electron chi connectivity index (χ0n) is 51.3. The Bertz CT molecular complexity index is 3840. The monoisotopic (exact) mass is 1360 g/mol. The highest BCUT2D eigenvalue weighted by Gasteiger charge is 2.49. The molecule has 25 nitrogen and oxygen atoms in total. The highest BCUT2D eigenvalue weighted by atomic mass is 32.2. The van der Waals surface area contributed by atoms with Crippen LogP contribution in [0.15, 0.2) is 60.7 Å². The number of hydrogen-bond acceptors (Lipinski definition) is 15. The number of nitrogens with one attached hydrogen (secondary N) is 3. The summed E-state index contributed by atoms with van der Waals surface area (Å²) in [5.74, 6) is -10.3. The van der Waals surface area contributed by atoms with Crippen molar-refractivity contribution in [3.63, 3.8) is 0 Å². The Hall–Kier alpha value is -8.54. The van der Waals surface area contributed by atoms with Crippen LogP contribution >= 0.6 is 0 Å². The normalized spacial score (nSPS) is 18.1. The van der Waals surface area contributed by atoms with Gasteiger partial charge in [-0.1, -0.05) is 0 Å². The predicted molar refractivity (Wildman–Crippen MR) is 317 cm³/mol. The summed E-state index contributed by atoms with van der Waals surface area (Å²) in [4.78, 5) is 99.0. The summed E-state index contributed by atoms with van der Waals surface area (Å²) < 4.78 is 161. The first-order valence-corrected chi connectivity index (χ1v) is 31.4. The molecule has 0 aromatic heterocycles. The van der Waals surface area contributed by atoms with E-state index in [1.807, 2.05) is 13.8 Å². The molecule has 4 aliphatic rings. The second-order valence-electron chi connectivity index (χ2n) is 23.5. The van der Waals surface area contributed by atoms with Crippen LogP contribution in [0.4, 0.5) is 56.1 Å². The Morgan fingerprint density at radius 1 is 0.581 bits per heavy atom. The van der Waals surface area contributed by atoms with Crippen molar-refractivity contribution in [1.82, 2.24) is 24.6 Å². The van der Waals surface area contributed by atoms with Crippen molar-refractivity contribution >= 4 is 79.0 Å². The summed E-state index contributed by atoms with van der Waals surface area (Å²) in [7, 11) is -7.42. The number of carboxylic acids is 1. The molecule has 4 aliphatic heterocycles. The van der Waals surface area contributed by atoms with Crippen molar-refractivity contribution in [2.45, 2.75) is 129 Å². The molecule has 0 unspecified atom stereocenters. The molecule has 508 valence electrons. The Balaban J connectivity index is 0.000000251. The number of sulfonamides is 2. The van der Waals surface area contributed by atoms with Gasteiger partial charge in [-0.25, -0.2) is 48.6 Å². The first-order chi connectivity index (χ1) is 42.6. The number of nitrogens with zero attached hydrogens (tertiary/aromatic N) is 4. The van der Waals surface area contributed by atoms with Crippen LogP contribution in [0.25, 0.3) is 0 Å². The number of aryl methyl sites for hydroxylation is 4. The van der Waals surface area contributed by atoms with Crippen LogP contribution in [0.1, 0.15) is 107 Å². The third-order valence-electron chi connectivity index (χ3n) is 16.3. The van der Waals surface area contributed by atoms with E-state index in [2.05, 4.69) is 25.4 Å². The lowest BCUT2D eigenvalue weighted by atomic mass is 9.87. The fourth-order valence-corrected chi connectivity index (χ4v) is 13.8. The van der Waals surface area contributed by atoms with Crippen LogP contribution in [0, 0.1) is 39.3 Å². The van der Waals surface area contributed by atoms with Crippen LogP contribution in [0.3, 0.4) is 0 Å². The molecule has 35 heteroatoms. The van der Waals surface area contributed by atoms with Crippen molar-refractivity contribution in [2.75, 3.05) is 47.5 Å². The van der Waals surface area contributed by atoms with Gasteiger partial charge in [0, 0.05) is 43.1 Å². The maximum Gasteiger partial charge on any atom is 0.573 e. The Kier molecular flexibility index (Phi) is 21.5. The molecule has 0 radical (unpaired) electrons. The van der Waals surface area contributed by atoms with Crippen molar-refractivity contribution in [3.05, 3.63) is 117 Å². The predicted octanol–water partition coefficient (Wildman–Crippen LogP) is 5.51. The summed E-state index contributed by atoms with van der Waals surface area (Å²) >= 11 is 0. The molecular weight excluding hydrogens is 1290 g/mol. The van der Waals surface area contributed by atoms with Gasteiger partial charge in [-0.15, -0.1) is 26.3 Å². The fourth-order valence-electron chi connectivity index (χ4n) is 10.9. The highest BCUT2D eigenvalue weighted by molar-refractivity contribution is 7.89. The number of aromatic carboxylic acids is 1.